The third-order valence-electron chi connectivity index (χ3n) is 4.13. The average Bonchev–Trinajstić information content (AvgIpc) is 2.92. The van der Waals surface area contributed by atoms with Crippen molar-refractivity contribution in [1.29, 1.82) is 0 Å². The Morgan fingerprint density at radius 2 is 1.81 bits per heavy atom. The fourth-order valence-electron chi connectivity index (χ4n) is 2.74. The summed E-state index contributed by atoms with van der Waals surface area (Å²) in [5.74, 6) is -0.989. The highest BCUT2D eigenvalue weighted by Gasteiger charge is 2.20. The molecule has 0 aliphatic carbocycles. The summed E-state index contributed by atoms with van der Waals surface area (Å²) in [5.41, 5.74) is 0.890. The van der Waals surface area contributed by atoms with Crippen LogP contribution in [0.25, 0.3) is 10.1 Å². The first-order valence-corrected chi connectivity index (χ1v) is 9.14. The van der Waals surface area contributed by atoms with Gasteiger partial charge in [0.2, 0.25) is 0 Å². The van der Waals surface area contributed by atoms with Crippen LogP contribution in [0.3, 0.4) is 0 Å². The number of benzene rings is 2. The van der Waals surface area contributed by atoms with Gasteiger partial charge in [-0.3, -0.25) is 4.79 Å². The number of amides is 1. The molecule has 1 amide bonds. The highest BCUT2D eigenvalue weighted by Crippen LogP contribution is 2.35. The van der Waals surface area contributed by atoms with Crippen LogP contribution in [0, 0.1) is 11.6 Å². The molecule has 7 heteroatoms. The zero-order chi connectivity index (χ0) is 18.8. The van der Waals surface area contributed by atoms with Crippen LogP contribution in [0.2, 0.25) is 5.02 Å². The summed E-state index contributed by atoms with van der Waals surface area (Å²) in [4.78, 5) is 14.9. The zero-order valence-electron chi connectivity index (χ0n) is 14.2. The van der Waals surface area contributed by atoms with Crippen LogP contribution in [-0.4, -0.2) is 31.4 Å². The molecule has 1 N–H and O–H groups in total. The molecule has 0 saturated heterocycles. The number of carbonyl (C=O) groups excluding carboxylic acids is 1. The Morgan fingerprint density at radius 3 is 2.46 bits per heavy atom. The van der Waals surface area contributed by atoms with E-state index >= 15 is 0 Å². The smallest absolute Gasteiger partial charge is 0.262 e. The zero-order valence-corrected chi connectivity index (χ0v) is 15.8. The van der Waals surface area contributed by atoms with Gasteiger partial charge in [-0.25, -0.2) is 8.78 Å². The summed E-state index contributed by atoms with van der Waals surface area (Å²) in [6.07, 6.45) is 0. The SMILES string of the molecule is CN(C)[C@H](CNC(=O)c1sc2cc(F)ccc2c1Cl)c1ccc(F)cc1. The first kappa shape index (κ1) is 18.8. The fraction of sp³-hybridized carbons (Fsp3) is 0.211. The molecule has 0 unspecified atom stereocenters. The molecule has 1 aromatic heterocycles. The van der Waals surface area contributed by atoms with E-state index in [9.17, 15) is 13.6 Å². The molecule has 1 heterocycles. The van der Waals surface area contributed by atoms with Crippen molar-refractivity contribution in [2.75, 3.05) is 20.6 Å². The van der Waals surface area contributed by atoms with Crippen molar-refractivity contribution in [3.8, 4) is 0 Å². The summed E-state index contributed by atoms with van der Waals surface area (Å²) in [6, 6.07) is 10.3. The molecule has 0 fully saturated rings. The topological polar surface area (TPSA) is 32.3 Å². The molecule has 3 rings (SSSR count). The number of nitrogens with one attached hydrogen (secondary N) is 1. The summed E-state index contributed by atoms with van der Waals surface area (Å²) in [7, 11) is 3.77. The normalized spacial score (nSPS) is 12.5. The summed E-state index contributed by atoms with van der Waals surface area (Å²) < 4.78 is 27.1. The number of likely N-dealkylation sites (N-methyl/N-ethyl adjacent to an activating group) is 1. The molecule has 3 nitrogen and oxygen atoms in total. The predicted octanol–water partition coefficient (Wildman–Crippen LogP) is 4.87. The minimum atomic E-state index is -0.369. The Kier molecular flexibility index (Phi) is 5.55. The Balaban J connectivity index is 1.78. The van der Waals surface area contributed by atoms with Gasteiger partial charge in [0.1, 0.15) is 16.5 Å². The second kappa shape index (κ2) is 7.70. The van der Waals surface area contributed by atoms with Crippen molar-refractivity contribution in [3.63, 3.8) is 0 Å². The fourth-order valence-corrected chi connectivity index (χ4v) is 4.20. The molecule has 0 aliphatic heterocycles. The van der Waals surface area contributed by atoms with Gasteiger partial charge in [0.25, 0.3) is 5.91 Å². The highest BCUT2D eigenvalue weighted by atomic mass is 35.5. The van der Waals surface area contributed by atoms with Gasteiger partial charge in [-0.2, -0.15) is 0 Å². The second-order valence-corrected chi connectivity index (χ2v) is 7.56. The van der Waals surface area contributed by atoms with Crippen LogP contribution >= 0.6 is 22.9 Å². The van der Waals surface area contributed by atoms with E-state index in [4.69, 9.17) is 11.6 Å². The standard InChI is InChI=1S/C19H17ClF2N2OS/c1-24(2)15(11-3-5-12(21)6-4-11)10-23-19(25)18-17(20)14-8-7-13(22)9-16(14)26-18/h3-9,15H,10H2,1-2H3,(H,23,25)/t15-/m1/s1. The molecular weight excluding hydrogens is 378 g/mol. The van der Waals surface area contributed by atoms with Crippen LogP contribution in [0.1, 0.15) is 21.3 Å². The number of rotatable bonds is 5. The van der Waals surface area contributed by atoms with E-state index in [-0.39, 0.29) is 23.6 Å². The van der Waals surface area contributed by atoms with Crippen molar-refractivity contribution in [1.82, 2.24) is 10.2 Å². The Hall–Kier alpha value is -2.02. The van der Waals surface area contributed by atoms with E-state index in [1.54, 1.807) is 18.2 Å². The van der Waals surface area contributed by atoms with Gasteiger partial charge in [-0.1, -0.05) is 23.7 Å². The quantitative estimate of drug-likeness (QED) is 0.669. The number of halogens is 3. The largest absolute Gasteiger partial charge is 0.349 e. The highest BCUT2D eigenvalue weighted by molar-refractivity contribution is 7.21. The van der Waals surface area contributed by atoms with Crippen LogP contribution in [0.4, 0.5) is 8.78 Å². The Bertz CT molecular complexity index is 941. The van der Waals surface area contributed by atoms with E-state index in [0.717, 1.165) is 16.9 Å². The van der Waals surface area contributed by atoms with E-state index in [0.29, 0.717) is 26.5 Å². The number of hydrogen-bond donors (Lipinski definition) is 1. The lowest BCUT2D eigenvalue weighted by atomic mass is 10.1. The van der Waals surface area contributed by atoms with E-state index < -0.39 is 0 Å². The van der Waals surface area contributed by atoms with Crippen LogP contribution in [0.5, 0.6) is 0 Å². The molecule has 0 spiro atoms. The maximum absolute atomic E-state index is 13.4. The van der Waals surface area contributed by atoms with Crippen molar-refractivity contribution in [2.24, 2.45) is 0 Å². The number of fused-ring (bicyclic) bond motifs is 1. The Morgan fingerprint density at radius 1 is 1.15 bits per heavy atom. The van der Waals surface area contributed by atoms with Gasteiger partial charge in [0.05, 0.1) is 11.1 Å². The lowest BCUT2D eigenvalue weighted by Crippen LogP contribution is -2.34. The molecule has 26 heavy (non-hydrogen) atoms. The van der Waals surface area contributed by atoms with Gasteiger partial charge in [-0.05, 0) is 50.0 Å². The minimum absolute atomic E-state index is 0.120. The van der Waals surface area contributed by atoms with E-state index in [1.807, 2.05) is 19.0 Å². The Labute approximate surface area is 159 Å². The molecular formula is C19H17ClF2N2OS. The van der Waals surface area contributed by atoms with Crippen LogP contribution < -0.4 is 5.32 Å². The lowest BCUT2D eigenvalue weighted by Gasteiger charge is -2.25. The molecule has 2 aromatic carbocycles. The lowest BCUT2D eigenvalue weighted by molar-refractivity contribution is 0.0946. The first-order valence-electron chi connectivity index (χ1n) is 7.94. The molecule has 0 saturated carbocycles. The third kappa shape index (κ3) is 3.87. The van der Waals surface area contributed by atoms with E-state index in [2.05, 4.69) is 5.32 Å². The average molecular weight is 395 g/mol. The van der Waals surface area contributed by atoms with Crippen molar-refractivity contribution < 1.29 is 13.6 Å². The van der Waals surface area contributed by atoms with Gasteiger partial charge in [0.15, 0.2) is 0 Å². The van der Waals surface area contributed by atoms with Crippen LogP contribution in [-0.2, 0) is 0 Å². The number of carbonyl (C=O) groups is 1. The van der Waals surface area contributed by atoms with Crippen molar-refractivity contribution in [3.05, 3.63) is 69.6 Å². The molecule has 136 valence electrons. The summed E-state index contributed by atoms with van der Waals surface area (Å²) in [5, 5.41) is 3.85. The minimum Gasteiger partial charge on any atom is -0.349 e. The maximum Gasteiger partial charge on any atom is 0.262 e. The monoisotopic (exact) mass is 394 g/mol. The van der Waals surface area contributed by atoms with E-state index in [1.165, 1.54) is 24.3 Å². The second-order valence-electron chi connectivity index (χ2n) is 6.13. The molecule has 0 aliphatic rings. The number of nitrogens with zero attached hydrogens (tertiary/aromatic N) is 1. The third-order valence-corrected chi connectivity index (χ3v) is 5.79. The number of thiophene rings is 1. The summed E-state index contributed by atoms with van der Waals surface area (Å²) in [6.45, 7) is 0.330. The molecule has 0 radical (unpaired) electrons. The molecule has 3 aromatic rings. The molecule has 1 atom stereocenters. The molecule has 0 bridgehead atoms. The van der Waals surface area contributed by atoms with Gasteiger partial charge >= 0.3 is 0 Å². The predicted molar refractivity (Wildman–Crippen MR) is 102 cm³/mol. The van der Waals surface area contributed by atoms with Crippen LogP contribution in [0.15, 0.2) is 42.5 Å². The summed E-state index contributed by atoms with van der Waals surface area (Å²) >= 11 is 7.45. The maximum atomic E-state index is 13.4. The number of hydrogen-bond acceptors (Lipinski definition) is 3. The van der Waals surface area contributed by atoms with Crippen molar-refractivity contribution in [2.45, 2.75) is 6.04 Å². The van der Waals surface area contributed by atoms with Gasteiger partial charge < -0.3 is 10.2 Å². The van der Waals surface area contributed by atoms with Gasteiger partial charge in [-0.15, -0.1) is 11.3 Å². The first-order chi connectivity index (χ1) is 12.4. The van der Waals surface area contributed by atoms with Crippen molar-refractivity contribution >= 4 is 38.9 Å². The van der Waals surface area contributed by atoms with Gasteiger partial charge in [0, 0.05) is 16.6 Å².